The predicted octanol–water partition coefficient (Wildman–Crippen LogP) is 4.11. The highest BCUT2D eigenvalue weighted by atomic mass is 16.5. The Morgan fingerprint density at radius 3 is 2.59 bits per heavy atom. The molecule has 0 heterocycles. The Balaban J connectivity index is 1.55. The van der Waals surface area contributed by atoms with Crippen molar-refractivity contribution in [1.29, 1.82) is 0 Å². The summed E-state index contributed by atoms with van der Waals surface area (Å²) in [5.41, 5.74) is 2.10. The number of benzene rings is 1. The van der Waals surface area contributed by atoms with Gasteiger partial charge in [0.2, 0.25) is 0 Å². The highest BCUT2D eigenvalue weighted by Crippen LogP contribution is 2.20. The summed E-state index contributed by atoms with van der Waals surface area (Å²) >= 11 is 0. The Morgan fingerprint density at radius 2 is 1.91 bits per heavy atom. The summed E-state index contributed by atoms with van der Waals surface area (Å²) in [6.45, 7) is 3.49. The summed E-state index contributed by atoms with van der Waals surface area (Å²) < 4.78 is 5.84. The second-order valence-corrected chi connectivity index (χ2v) is 5.92. The smallest absolute Gasteiger partial charge is 0.319 e. The van der Waals surface area contributed by atoms with Crippen LogP contribution in [0.1, 0.15) is 51.0 Å². The molecule has 1 saturated carbocycles. The molecule has 0 radical (unpaired) electrons. The maximum atomic E-state index is 11.8. The van der Waals surface area contributed by atoms with E-state index in [1.54, 1.807) is 0 Å². The van der Waals surface area contributed by atoms with Crippen LogP contribution in [0.2, 0.25) is 0 Å². The molecule has 0 spiro atoms. The van der Waals surface area contributed by atoms with Crippen molar-refractivity contribution in [2.75, 3.05) is 18.5 Å². The van der Waals surface area contributed by atoms with E-state index in [0.717, 1.165) is 25.1 Å². The number of ether oxygens (including phenoxy) is 1. The summed E-state index contributed by atoms with van der Waals surface area (Å²) in [7, 11) is 0. The molecule has 0 saturated heterocycles. The molecule has 22 heavy (non-hydrogen) atoms. The van der Waals surface area contributed by atoms with E-state index in [0.29, 0.717) is 12.6 Å². The highest BCUT2D eigenvalue weighted by molar-refractivity contribution is 5.89. The lowest BCUT2D eigenvalue weighted by molar-refractivity contribution is 0.0276. The van der Waals surface area contributed by atoms with E-state index in [4.69, 9.17) is 4.74 Å². The van der Waals surface area contributed by atoms with Gasteiger partial charge >= 0.3 is 6.03 Å². The molecule has 4 heteroatoms. The van der Waals surface area contributed by atoms with Crippen molar-refractivity contribution in [3.63, 3.8) is 0 Å². The SMILES string of the molecule is CCc1ccc(NC(=O)NCCCOC2CCCCC2)cc1. The van der Waals surface area contributed by atoms with Crippen LogP contribution in [0.15, 0.2) is 24.3 Å². The first kappa shape index (κ1) is 16.8. The van der Waals surface area contributed by atoms with Crippen molar-refractivity contribution in [1.82, 2.24) is 5.32 Å². The van der Waals surface area contributed by atoms with Gasteiger partial charge in [-0.05, 0) is 43.4 Å². The lowest BCUT2D eigenvalue weighted by Gasteiger charge is -2.21. The van der Waals surface area contributed by atoms with E-state index >= 15 is 0 Å². The molecule has 2 N–H and O–H groups in total. The van der Waals surface area contributed by atoms with Crippen LogP contribution < -0.4 is 10.6 Å². The van der Waals surface area contributed by atoms with Gasteiger partial charge in [0.25, 0.3) is 0 Å². The lowest BCUT2D eigenvalue weighted by Crippen LogP contribution is -2.30. The number of anilines is 1. The van der Waals surface area contributed by atoms with Gasteiger partial charge in [-0.2, -0.15) is 0 Å². The standard InChI is InChI=1S/C18H28N2O2/c1-2-15-9-11-16(12-10-15)20-18(21)19-13-6-14-22-17-7-4-3-5-8-17/h9-12,17H,2-8,13-14H2,1H3,(H2,19,20,21). The third-order valence-corrected chi connectivity index (χ3v) is 4.13. The van der Waals surface area contributed by atoms with Crippen LogP contribution in [-0.4, -0.2) is 25.3 Å². The minimum atomic E-state index is -0.151. The second-order valence-electron chi connectivity index (χ2n) is 5.92. The number of aryl methyl sites for hydroxylation is 1. The van der Waals surface area contributed by atoms with Gasteiger partial charge in [0, 0.05) is 18.8 Å². The van der Waals surface area contributed by atoms with Crippen LogP contribution in [-0.2, 0) is 11.2 Å². The minimum Gasteiger partial charge on any atom is -0.378 e. The van der Waals surface area contributed by atoms with Gasteiger partial charge in [0.15, 0.2) is 0 Å². The van der Waals surface area contributed by atoms with E-state index in [9.17, 15) is 4.79 Å². The number of nitrogens with one attached hydrogen (secondary N) is 2. The molecule has 122 valence electrons. The first-order valence-corrected chi connectivity index (χ1v) is 8.53. The van der Waals surface area contributed by atoms with Crippen molar-refractivity contribution in [3.05, 3.63) is 29.8 Å². The summed E-state index contributed by atoms with van der Waals surface area (Å²) in [4.78, 5) is 11.8. The van der Waals surface area contributed by atoms with Crippen LogP contribution in [0.4, 0.5) is 10.5 Å². The van der Waals surface area contributed by atoms with E-state index in [1.165, 1.54) is 37.7 Å². The van der Waals surface area contributed by atoms with Crippen molar-refractivity contribution in [2.45, 2.75) is 58.0 Å². The fourth-order valence-electron chi connectivity index (χ4n) is 2.75. The Kier molecular flexibility index (Phi) is 7.23. The van der Waals surface area contributed by atoms with Crippen molar-refractivity contribution in [2.24, 2.45) is 0 Å². The molecule has 1 aromatic carbocycles. The zero-order valence-electron chi connectivity index (χ0n) is 13.6. The molecular formula is C18H28N2O2. The molecule has 0 bridgehead atoms. The van der Waals surface area contributed by atoms with Crippen molar-refractivity contribution < 1.29 is 9.53 Å². The van der Waals surface area contributed by atoms with Gasteiger partial charge in [-0.15, -0.1) is 0 Å². The molecule has 2 amide bonds. The molecule has 0 unspecified atom stereocenters. The normalized spacial score (nSPS) is 15.5. The number of carbonyl (C=O) groups excluding carboxylic acids is 1. The maximum absolute atomic E-state index is 11.8. The Labute approximate surface area is 133 Å². The molecule has 4 nitrogen and oxygen atoms in total. The number of hydrogen-bond acceptors (Lipinski definition) is 2. The maximum Gasteiger partial charge on any atom is 0.319 e. The van der Waals surface area contributed by atoms with Gasteiger partial charge < -0.3 is 15.4 Å². The molecule has 0 aliphatic heterocycles. The van der Waals surface area contributed by atoms with E-state index in [-0.39, 0.29) is 6.03 Å². The third-order valence-electron chi connectivity index (χ3n) is 4.13. The molecule has 0 aromatic heterocycles. The van der Waals surface area contributed by atoms with Crippen molar-refractivity contribution in [3.8, 4) is 0 Å². The van der Waals surface area contributed by atoms with E-state index in [1.807, 2.05) is 24.3 Å². The average Bonchev–Trinajstić information content (AvgIpc) is 2.56. The first-order valence-electron chi connectivity index (χ1n) is 8.53. The zero-order chi connectivity index (χ0) is 15.6. The third kappa shape index (κ3) is 6.06. The van der Waals surface area contributed by atoms with Gasteiger partial charge in [0.05, 0.1) is 6.10 Å². The summed E-state index contributed by atoms with van der Waals surface area (Å²) in [6, 6.07) is 7.79. The fourth-order valence-corrected chi connectivity index (χ4v) is 2.75. The molecular weight excluding hydrogens is 276 g/mol. The zero-order valence-corrected chi connectivity index (χ0v) is 13.6. The van der Waals surface area contributed by atoms with Gasteiger partial charge in [-0.1, -0.05) is 38.3 Å². The highest BCUT2D eigenvalue weighted by Gasteiger charge is 2.13. The monoisotopic (exact) mass is 304 g/mol. The summed E-state index contributed by atoms with van der Waals surface area (Å²) in [6.07, 6.45) is 8.64. The molecule has 0 atom stereocenters. The largest absolute Gasteiger partial charge is 0.378 e. The van der Waals surface area contributed by atoms with Crippen LogP contribution in [0, 0.1) is 0 Å². The summed E-state index contributed by atoms with van der Waals surface area (Å²) in [5.74, 6) is 0. The Bertz CT molecular complexity index is 439. The first-order chi connectivity index (χ1) is 10.8. The Morgan fingerprint density at radius 1 is 1.18 bits per heavy atom. The minimum absolute atomic E-state index is 0.151. The number of rotatable bonds is 7. The lowest BCUT2D eigenvalue weighted by atomic mass is 9.98. The molecule has 2 rings (SSSR count). The van der Waals surface area contributed by atoms with E-state index in [2.05, 4.69) is 17.6 Å². The molecule has 1 aliphatic rings. The second kappa shape index (κ2) is 9.46. The van der Waals surface area contributed by atoms with Crippen LogP contribution >= 0.6 is 0 Å². The van der Waals surface area contributed by atoms with Crippen molar-refractivity contribution >= 4 is 11.7 Å². The fraction of sp³-hybridized carbons (Fsp3) is 0.611. The van der Waals surface area contributed by atoms with Gasteiger partial charge in [0.1, 0.15) is 0 Å². The molecule has 1 aromatic rings. The number of carbonyl (C=O) groups is 1. The van der Waals surface area contributed by atoms with E-state index < -0.39 is 0 Å². The predicted molar refractivity (Wildman–Crippen MR) is 90.3 cm³/mol. The number of hydrogen-bond donors (Lipinski definition) is 2. The van der Waals surface area contributed by atoms with Crippen LogP contribution in [0.25, 0.3) is 0 Å². The van der Waals surface area contributed by atoms with Gasteiger partial charge in [-0.25, -0.2) is 4.79 Å². The Hall–Kier alpha value is -1.55. The molecule has 1 fully saturated rings. The topological polar surface area (TPSA) is 50.4 Å². The number of urea groups is 1. The number of amides is 2. The molecule has 1 aliphatic carbocycles. The average molecular weight is 304 g/mol. The summed E-state index contributed by atoms with van der Waals surface area (Å²) in [5, 5.41) is 5.71. The van der Waals surface area contributed by atoms with Crippen LogP contribution in [0.5, 0.6) is 0 Å². The quantitative estimate of drug-likeness (QED) is 0.745. The van der Waals surface area contributed by atoms with Crippen LogP contribution in [0.3, 0.4) is 0 Å². The van der Waals surface area contributed by atoms with Gasteiger partial charge in [-0.3, -0.25) is 0 Å².